The lowest BCUT2D eigenvalue weighted by molar-refractivity contribution is -0.142. The zero-order chi connectivity index (χ0) is 16.6. The van der Waals surface area contributed by atoms with E-state index in [0.717, 1.165) is 0 Å². The van der Waals surface area contributed by atoms with Gasteiger partial charge in [0.25, 0.3) is 0 Å². The van der Waals surface area contributed by atoms with E-state index in [2.05, 4.69) is 0 Å². The molecule has 1 saturated heterocycles. The van der Waals surface area contributed by atoms with Gasteiger partial charge in [-0.3, -0.25) is 4.79 Å². The first-order chi connectivity index (χ1) is 10.9. The lowest BCUT2D eigenvalue weighted by Gasteiger charge is -2.29. The van der Waals surface area contributed by atoms with Crippen LogP contribution in [0, 0.1) is 5.92 Å². The number of aliphatic carboxylic acids is 1. The van der Waals surface area contributed by atoms with Gasteiger partial charge in [-0.05, 0) is 37.1 Å². The Morgan fingerprint density at radius 1 is 1.17 bits per heavy atom. The van der Waals surface area contributed by atoms with Crippen LogP contribution in [0.3, 0.4) is 0 Å². The summed E-state index contributed by atoms with van der Waals surface area (Å²) < 4.78 is 31.6. The molecular formula is C15H15NO6S. The number of carboxylic acid groups (broad SMARTS) is 1. The minimum absolute atomic E-state index is 0.104. The van der Waals surface area contributed by atoms with Gasteiger partial charge in [0.15, 0.2) is 0 Å². The van der Waals surface area contributed by atoms with Crippen molar-refractivity contribution in [2.45, 2.75) is 17.7 Å². The first kappa shape index (κ1) is 15.7. The van der Waals surface area contributed by atoms with E-state index < -0.39 is 27.5 Å². The lowest BCUT2D eigenvalue weighted by atomic mass is 9.99. The molecule has 8 heteroatoms. The molecule has 1 N–H and O–H groups in total. The normalized spacial score (nSPS) is 17.4. The van der Waals surface area contributed by atoms with Crippen LogP contribution >= 0.6 is 0 Å². The van der Waals surface area contributed by atoms with Crippen LogP contribution in [0.2, 0.25) is 0 Å². The second kappa shape index (κ2) is 5.78. The minimum Gasteiger partial charge on any atom is -0.481 e. The molecule has 2 aromatic rings. The summed E-state index contributed by atoms with van der Waals surface area (Å²) in [6.45, 7) is 0.364. The van der Waals surface area contributed by atoms with Crippen LogP contribution in [0.5, 0.6) is 0 Å². The SMILES string of the molecule is O=C(O)C1CCN(S(=O)(=O)c2ccc3oc(=O)ccc3c2)CC1. The predicted octanol–water partition coefficient (Wildman–Crippen LogP) is 1.28. The van der Waals surface area contributed by atoms with E-state index >= 15 is 0 Å². The van der Waals surface area contributed by atoms with Gasteiger partial charge in [0, 0.05) is 24.5 Å². The second-order valence-electron chi connectivity index (χ2n) is 5.47. The number of hydrogen-bond donors (Lipinski definition) is 1. The van der Waals surface area contributed by atoms with Crippen molar-refractivity contribution in [1.82, 2.24) is 4.31 Å². The number of fused-ring (bicyclic) bond motifs is 1. The van der Waals surface area contributed by atoms with Gasteiger partial charge < -0.3 is 9.52 Å². The van der Waals surface area contributed by atoms with E-state index in [1.807, 2.05) is 0 Å². The number of rotatable bonds is 3. The average molecular weight is 337 g/mol. The molecule has 0 unspecified atom stereocenters. The fourth-order valence-corrected chi connectivity index (χ4v) is 4.21. The van der Waals surface area contributed by atoms with Gasteiger partial charge in [0.1, 0.15) is 5.58 Å². The van der Waals surface area contributed by atoms with E-state index in [-0.39, 0.29) is 18.0 Å². The van der Waals surface area contributed by atoms with Gasteiger partial charge in [0.2, 0.25) is 10.0 Å². The van der Waals surface area contributed by atoms with Crippen molar-refractivity contribution in [3.8, 4) is 0 Å². The van der Waals surface area contributed by atoms with Crippen molar-refractivity contribution in [3.05, 3.63) is 40.8 Å². The number of sulfonamides is 1. The van der Waals surface area contributed by atoms with Crippen LogP contribution in [-0.4, -0.2) is 36.9 Å². The Morgan fingerprint density at radius 2 is 1.87 bits per heavy atom. The van der Waals surface area contributed by atoms with Crippen LogP contribution in [0.15, 0.2) is 44.4 Å². The first-order valence-electron chi connectivity index (χ1n) is 7.15. The maximum atomic E-state index is 12.7. The third-order valence-electron chi connectivity index (χ3n) is 4.03. The highest BCUT2D eigenvalue weighted by Crippen LogP contribution is 2.25. The van der Waals surface area contributed by atoms with Gasteiger partial charge in [-0.2, -0.15) is 4.31 Å². The summed E-state index contributed by atoms with van der Waals surface area (Å²) in [7, 11) is -3.69. The van der Waals surface area contributed by atoms with Crippen LogP contribution in [-0.2, 0) is 14.8 Å². The maximum Gasteiger partial charge on any atom is 0.336 e. The zero-order valence-corrected chi connectivity index (χ0v) is 13.0. The van der Waals surface area contributed by atoms with Crippen molar-refractivity contribution in [1.29, 1.82) is 0 Å². The molecule has 1 aliphatic heterocycles. The molecule has 7 nitrogen and oxygen atoms in total. The Labute approximate surface area is 132 Å². The van der Waals surface area contributed by atoms with E-state index in [4.69, 9.17) is 9.52 Å². The molecule has 1 aromatic carbocycles. The Hall–Kier alpha value is -2.19. The highest BCUT2D eigenvalue weighted by molar-refractivity contribution is 7.89. The number of carbonyl (C=O) groups is 1. The molecule has 1 aromatic heterocycles. The number of carboxylic acids is 1. The molecule has 0 amide bonds. The third-order valence-corrected chi connectivity index (χ3v) is 5.93. The monoisotopic (exact) mass is 337 g/mol. The summed E-state index contributed by atoms with van der Waals surface area (Å²) in [6, 6.07) is 7.04. The molecule has 3 rings (SSSR count). The number of benzene rings is 1. The molecule has 0 aliphatic carbocycles. The number of piperidine rings is 1. The molecule has 23 heavy (non-hydrogen) atoms. The summed E-state index contributed by atoms with van der Waals surface area (Å²) in [5.41, 5.74) is -0.176. The molecule has 122 valence electrons. The topological polar surface area (TPSA) is 105 Å². The molecule has 0 bridgehead atoms. The van der Waals surface area contributed by atoms with Gasteiger partial charge in [0.05, 0.1) is 10.8 Å². The fourth-order valence-electron chi connectivity index (χ4n) is 2.70. The Morgan fingerprint density at radius 3 is 2.52 bits per heavy atom. The average Bonchev–Trinajstić information content (AvgIpc) is 2.54. The predicted molar refractivity (Wildman–Crippen MR) is 81.6 cm³/mol. The standard InChI is InChI=1S/C15H15NO6S/c17-14-4-1-11-9-12(2-3-13(11)22-14)23(20,21)16-7-5-10(6-8-16)15(18)19/h1-4,9-10H,5-8H2,(H,18,19). The van der Waals surface area contributed by atoms with Gasteiger partial charge >= 0.3 is 11.6 Å². The smallest absolute Gasteiger partial charge is 0.336 e. The summed E-state index contributed by atoms with van der Waals surface area (Å²) >= 11 is 0. The number of hydrogen-bond acceptors (Lipinski definition) is 5. The lowest BCUT2D eigenvalue weighted by Crippen LogP contribution is -2.40. The largest absolute Gasteiger partial charge is 0.481 e. The fraction of sp³-hybridized carbons (Fsp3) is 0.333. The maximum absolute atomic E-state index is 12.7. The first-order valence-corrected chi connectivity index (χ1v) is 8.59. The van der Waals surface area contributed by atoms with Crippen molar-refractivity contribution in [3.63, 3.8) is 0 Å². The Kier molecular flexibility index (Phi) is 3.95. The molecule has 0 spiro atoms. The summed E-state index contributed by atoms with van der Waals surface area (Å²) in [5.74, 6) is -1.38. The van der Waals surface area contributed by atoms with Crippen molar-refractivity contribution in [2.75, 3.05) is 13.1 Å². The molecule has 0 atom stereocenters. The summed E-state index contributed by atoms with van der Waals surface area (Å²) in [4.78, 5) is 22.2. The van der Waals surface area contributed by atoms with Crippen LogP contribution in [0.1, 0.15) is 12.8 Å². The zero-order valence-electron chi connectivity index (χ0n) is 12.1. The second-order valence-corrected chi connectivity index (χ2v) is 7.41. The highest BCUT2D eigenvalue weighted by Gasteiger charge is 2.32. The molecule has 0 radical (unpaired) electrons. The van der Waals surface area contributed by atoms with E-state index in [9.17, 15) is 18.0 Å². The quantitative estimate of drug-likeness (QED) is 0.846. The van der Waals surface area contributed by atoms with Gasteiger partial charge in [-0.15, -0.1) is 0 Å². The van der Waals surface area contributed by atoms with E-state index in [1.165, 1.54) is 34.6 Å². The van der Waals surface area contributed by atoms with Gasteiger partial charge in [-0.25, -0.2) is 13.2 Å². The van der Waals surface area contributed by atoms with Gasteiger partial charge in [-0.1, -0.05) is 0 Å². The Bertz CT molecular complexity index is 909. The molecular weight excluding hydrogens is 322 g/mol. The third kappa shape index (κ3) is 2.99. The minimum atomic E-state index is -3.69. The molecule has 0 saturated carbocycles. The highest BCUT2D eigenvalue weighted by atomic mass is 32.2. The van der Waals surface area contributed by atoms with Crippen LogP contribution in [0.25, 0.3) is 11.0 Å². The number of nitrogens with zero attached hydrogens (tertiary/aromatic N) is 1. The van der Waals surface area contributed by atoms with Crippen LogP contribution in [0.4, 0.5) is 0 Å². The van der Waals surface area contributed by atoms with Crippen molar-refractivity contribution < 1.29 is 22.7 Å². The van der Waals surface area contributed by atoms with Crippen LogP contribution < -0.4 is 5.63 Å². The van der Waals surface area contributed by atoms with Crippen molar-refractivity contribution in [2.24, 2.45) is 5.92 Å². The van der Waals surface area contributed by atoms with E-state index in [0.29, 0.717) is 23.8 Å². The molecule has 2 heterocycles. The van der Waals surface area contributed by atoms with Crippen molar-refractivity contribution >= 4 is 27.0 Å². The molecule has 1 aliphatic rings. The summed E-state index contributed by atoms with van der Waals surface area (Å²) in [5, 5.41) is 9.50. The Balaban J connectivity index is 1.89. The summed E-state index contributed by atoms with van der Waals surface area (Å²) in [6.07, 6.45) is 0.605. The van der Waals surface area contributed by atoms with E-state index in [1.54, 1.807) is 0 Å². The molecule has 1 fully saturated rings.